The van der Waals surface area contributed by atoms with Gasteiger partial charge in [-0.05, 0) is 18.7 Å². The van der Waals surface area contributed by atoms with Crippen LogP contribution in [-0.4, -0.2) is 6.54 Å². The van der Waals surface area contributed by atoms with Gasteiger partial charge in [-0.25, -0.2) is 0 Å². The fourth-order valence-corrected chi connectivity index (χ4v) is 0.873. The van der Waals surface area contributed by atoms with E-state index in [1.807, 2.05) is 12.3 Å². The quantitative estimate of drug-likeness (QED) is 0.438. The molecular formula is C10H19N. The molecule has 0 aliphatic carbocycles. The van der Waals surface area contributed by atoms with Gasteiger partial charge in [0.05, 0.1) is 0 Å². The number of rotatable bonds is 7. The fraction of sp³-hybridized carbons (Fsp3) is 0.600. The first-order valence-electron chi connectivity index (χ1n) is 4.42. The van der Waals surface area contributed by atoms with Gasteiger partial charge in [0, 0.05) is 6.54 Å². The van der Waals surface area contributed by atoms with Gasteiger partial charge in [0.25, 0.3) is 0 Å². The number of nitrogens with one attached hydrogen (secondary N) is 1. The lowest BCUT2D eigenvalue weighted by atomic mass is 10.2. The SMILES string of the molecule is C=CC=CNCCCCCC. The zero-order valence-electron chi connectivity index (χ0n) is 7.47. The molecule has 1 nitrogen and oxygen atoms in total. The Hall–Kier alpha value is -0.720. The van der Waals surface area contributed by atoms with Crippen LogP contribution in [-0.2, 0) is 0 Å². The summed E-state index contributed by atoms with van der Waals surface area (Å²) in [4.78, 5) is 0. The highest BCUT2D eigenvalue weighted by Gasteiger charge is 1.83. The highest BCUT2D eigenvalue weighted by atomic mass is 14.8. The van der Waals surface area contributed by atoms with Gasteiger partial charge in [0.15, 0.2) is 0 Å². The summed E-state index contributed by atoms with van der Waals surface area (Å²) in [6, 6.07) is 0. The topological polar surface area (TPSA) is 12.0 Å². The predicted octanol–water partition coefficient (Wildman–Crippen LogP) is 2.86. The average Bonchev–Trinajstić information content (AvgIpc) is 2.03. The monoisotopic (exact) mass is 153 g/mol. The van der Waals surface area contributed by atoms with E-state index in [-0.39, 0.29) is 0 Å². The van der Waals surface area contributed by atoms with Crippen LogP contribution >= 0.6 is 0 Å². The van der Waals surface area contributed by atoms with Crippen molar-refractivity contribution in [2.45, 2.75) is 32.6 Å². The second kappa shape index (κ2) is 9.28. The van der Waals surface area contributed by atoms with E-state index in [1.54, 1.807) is 6.08 Å². The highest BCUT2D eigenvalue weighted by Crippen LogP contribution is 1.96. The van der Waals surface area contributed by atoms with E-state index in [9.17, 15) is 0 Å². The van der Waals surface area contributed by atoms with E-state index >= 15 is 0 Å². The third-order valence-electron chi connectivity index (χ3n) is 1.52. The molecule has 1 N–H and O–H groups in total. The molecule has 0 unspecified atom stereocenters. The van der Waals surface area contributed by atoms with E-state index in [0.717, 1.165) is 6.54 Å². The molecule has 0 atom stereocenters. The first kappa shape index (κ1) is 10.3. The second-order valence-corrected chi connectivity index (χ2v) is 2.61. The van der Waals surface area contributed by atoms with E-state index in [2.05, 4.69) is 18.8 Å². The van der Waals surface area contributed by atoms with Crippen molar-refractivity contribution in [3.63, 3.8) is 0 Å². The van der Waals surface area contributed by atoms with Gasteiger partial charge in [-0.2, -0.15) is 0 Å². The lowest BCUT2D eigenvalue weighted by Gasteiger charge is -1.98. The van der Waals surface area contributed by atoms with E-state index < -0.39 is 0 Å². The highest BCUT2D eigenvalue weighted by molar-refractivity contribution is 4.95. The van der Waals surface area contributed by atoms with Gasteiger partial charge >= 0.3 is 0 Å². The fourth-order valence-electron chi connectivity index (χ4n) is 0.873. The zero-order valence-corrected chi connectivity index (χ0v) is 7.47. The Morgan fingerprint density at radius 2 is 2.09 bits per heavy atom. The summed E-state index contributed by atoms with van der Waals surface area (Å²) in [5, 5.41) is 3.19. The molecule has 11 heavy (non-hydrogen) atoms. The van der Waals surface area contributed by atoms with Crippen molar-refractivity contribution >= 4 is 0 Å². The smallest absolute Gasteiger partial charge is 0.0141 e. The Labute approximate surface area is 70.2 Å². The van der Waals surface area contributed by atoms with Gasteiger partial charge in [0.2, 0.25) is 0 Å². The summed E-state index contributed by atoms with van der Waals surface area (Å²) in [5.41, 5.74) is 0. The number of unbranched alkanes of at least 4 members (excludes halogenated alkanes) is 3. The Morgan fingerprint density at radius 1 is 1.27 bits per heavy atom. The van der Waals surface area contributed by atoms with Crippen molar-refractivity contribution in [2.24, 2.45) is 0 Å². The van der Waals surface area contributed by atoms with Crippen molar-refractivity contribution in [1.82, 2.24) is 5.32 Å². The van der Waals surface area contributed by atoms with Crippen LogP contribution in [0.2, 0.25) is 0 Å². The third kappa shape index (κ3) is 9.28. The van der Waals surface area contributed by atoms with Gasteiger partial charge in [0.1, 0.15) is 0 Å². The molecule has 0 aromatic rings. The van der Waals surface area contributed by atoms with Crippen LogP contribution in [0.5, 0.6) is 0 Å². The van der Waals surface area contributed by atoms with Gasteiger partial charge in [-0.1, -0.05) is 38.8 Å². The minimum atomic E-state index is 1.09. The van der Waals surface area contributed by atoms with Gasteiger partial charge in [-0.3, -0.25) is 0 Å². The molecule has 0 aromatic heterocycles. The summed E-state index contributed by atoms with van der Waals surface area (Å²) in [5.74, 6) is 0. The molecule has 0 fully saturated rings. The first-order chi connectivity index (χ1) is 5.41. The van der Waals surface area contributed by atoms with E-state index in [4.69, 9.17) is 0 Å². The van der Waals surface area contributed by atoms with Crippen molar-refractivity contribution in [3.8, 4) is 0 Å². The molecule has 0 bridgehead atoms. The van der Waals surface area contributed by atoms with Gasteiger partial charge in [-0.15, -0.1) is 0 Å². The Morgan fingerprint density at radius 3 is 2.73 bits per heavy atom. The van der Waals surface area contributed by atoms with Gasteiger partial charge < -0.3 is 5.32 Å². The molecule has 0 saturated carbocycles. The maximum atomic E-state index is 3.58. The molecule has 0 aliphatic rings. The third-order valence-corrected chi connectivity index (χ3v) is 1.52. The van der Waals surface area contributed by atoms with Crippen molar-refractivity contribution in [2.75, 3.05) is 6.54 Å². The molecule has 0 rings (SSSR count). The lowest BCUT2D eigenvalue weighted by molar-refractivity contribution is 0.646. The molecule has 0 saturated heterocycles. The maximum absolute atomic E-state index is 3.58. The first-order valence-corrected chi connectivity index (χ1v) is 4.42. The Balaban J connectivity index is 2.90. The van der Waals surface area contributed by atoms with E-state index in [0.29, 0.717) is 0 Å². The molecule has 0 radical (unpaired) electrons. The van der Waals surface area contributed by atoms with Crippen LogP contribution in [0.25, 0.3) is 0 Å². The van der Waals surface area contributed by atoms with Crippen molar-refractivity contribution in [1.29, 1.82) is 0 Å². The van der Waals surface area contributed by atoms with Crippen LogP contribution in [0.4, 0.5) is 0 Å². The molecular weight excluding hydrogens is 134 g/mol. The largest absolute Gasteiger partial charge is 0.391 e. The molecule has 64 valence electrons. The number of hydrogen-bond acceptors (Lipinski definition) is 1. The van der Waals surface area contributed by atoms with Crippen LogP contribution in [0, 0.1) is 0 Å². The van der Waals surface area contributed by atoms with Crippen LogP contribution in [0.3, 0.4) is 0 Å². The van der Waals surface area contributed by atoms with E-state index in [1.165, 1.54) is 25.7 Å². The average molecular weight is 153 g/mol. The molecule has 0 aliphatic heterocycles. The van der Waals surface area contributed by atoms with Crippen molar-refractivity contribution in [3.05, 3.63) is 24.9 Å². The van der Waals surface area contributed by atoms with Crippen LogP contribution < -0.4 is 5.32 Å². The number of allylic oxidation sites excluding steroid dienone is 2. The molecule has 1 heteroatoms. The molecule has 0 spiro atoms. The summed E-state index contributed by atoms with van der Waals surface area (Å²) < 4.78 is 0. The maximum Gasteiger partial charge on any atom is 0.0141 e. The predicted molar refractivity (Wildman–Crippen MR) is 51.5 cm³/mol. The van der Waals surface area contributed by atoms with Crippen LogP contribution in [0.15, 0.2) is 24.9 Å². The summed E-state index contributed by atoms with van der Waals surface area (Å²) in [6.45, 7) is 6.90. The van der Waals surface area contributed by atoms with Crippen LogP contribution in [0.1, 0.15) is 32.6 Å². The minimum Gasteiger partial charge on any atom is -0.391 e. The molecule has 0 aromatic carbocycles. The second-order valence-electron chi connectivity index (χ2n) is 2.61. The zero-order chi connectivity index (χ0) is 8.36. The summed E-state index contributed by atoms with van der Waals surface area (Å²) in [6.07, 6.45) is 10.9. The Kier molecular flexibility index (Phi) is 8.67. The number of hydrogen-bond donors (Lipinski definition) is 1. The lowest BCUT2D eigenvalue weighted by Crippen LogP contribution is -2.05. The Bertz CT molecular complexity index is 105. The summed E-state index contributed by atoms with van der Waals surface area (Å²) >= 11 is 0. The minimum absolute atomic E-state index is 1.09. The molecule has 0 heterocycles. The standard InChI is InChI=1S/C10H19N/c1-3-5-7-8-10-11-9-6-4-2/h4,6,9,11H,2-3,5,7-8,10H2,1H3. The molecule has 0 amide bonds. The summed E-state index contributed by atoms with van der Waals surface area (Å²) in [7, 11) is 0. The van der Waals surface area contributed by atoms with Crippen molar-refractivity contribution < 1.29 is 0 Å². The normalized spacial score (nSPS) is 10.3.